The molecule has 2 aliphatic rings. The van der Waals surface area contributed by atoms with Crippen molar-refractivity contribution in [1.29, 1.82) is 0 Å². The highest BCUT2D eigenvalue weighted by Gasteiger charge is 2.41. The Hall–Kier alpha value is -1.27. The highest BCUT2D eigenvalue weighted by molar-refractivity contribution is 7.21. The molecule has 2 aromatic rings. The maximum atomic E-state index is 4.68. The SMILES string of the molecule is CN(c1nc2cncnc2s1)C1C2CCC1CNC2. The Morgan fingerprint density at radius 1 is 1.32 bits per heavy atom. The molecule has 3 heterocycles. The summed E-state index contributed by atoms with van der Waals surface area (Å²) in [6.07, 6.45) is 6.08. The molecule has 5 nitrogen and oxygen atoms in total. The smallest absolute Gasteiger partial charge is 0.188 e. The Labute approximate surface area is 116 Å². The number of anilines is 1. The first kappa shape index (κ1) is 11.5. The van der Waals surface area contributed by atoms with Gasteiger partial charge in [-0.15, -0.1) is 0 Å². The molecule has 1 aliphatic carbocycles. The normalized spacial score (nSPS) is 29.8. The van der Waals surface area contributed by atoms with Gasteiger partial charge < -0.3 is 10.2 Å². The molecule has 0 amide bonds. The molecule has 1 saturated carbocycles. The van der Waals surface area contributed by atoms with Gasteiger partial charge in [0.25, 0.3) is 0 Å². The molecule has 0 spiro atoms. The Morgan fingerprint density at radius 2 is 2.11 bits per heavy atom. The molecule has 2 fully saturated rings. The van der Waals surface area contributed by atoms with E-state index in [1.165, 1.54) is 12.8 Å². The minimum absolute atomic E-state index is 0.634. The average molecular weight is 275 g/mol. The van der Waals surface area contributed by atoms with E-state index >= 15 is 0 Å². The second kappa shape index (κ2) is 4.38. The molecule has 100 valence electrons. The molecule has 19 heavy (non-hydrogen) atoms. The van der Waals surface area contributed by atoms with Gasteiger partial charge in [-0.2, -0.15) is 0 Å². The van der Waals surface area contributed by atoms with Gasteiger partial charge in [0.05, 0.1) is 6.20 Å². The van der Waals surface area contributed by atoms with Crippen LogP contribution in [-0.2, 0) is 0 Å². The van der Waals surface area contributed by atoms with Crippen LogP contribution >= 0.6 is 11.3 Å². The molecule has 2 unspecified atom stereocenters. The van der Waals surface area contributed by atoms with E-state index in [2.05, 4.69) is 32.2 Å². The average Bonchev–Trinajstić information content (AvgIpc) is 2.97. The molecule has 4 rings (SSSR count). The maximum Gasteiger partial charge on any atom is 0.188 e. The van der Waals surface area contributed by atoms with Crippen LogP contribution in [0.1, 0.15) is 12.8 Å². The molecule has 2 bridgehead atoms. The minimum Gasteiger partial charge on any atom is -0.347 e. The van der Waals surface area contributed by atoms with Gasteiger partial charge in [0.2, 0.25) is 0 Å². The first-order chi connectivity index (χ1) is 9.33. The van der Waals surface area contributed by atoms with Crippen LogP contribution < -0.4 is 10.2 Å². The number of thiazole rings is 1. The van der Waals surface area contributed by atoms with Crippen molar-refractivity contribution in [2.24, 2.45) is 11.8 Å². The Balaban J connectivity index is 1.68. The predicted octanol–water partition coefficient (Wildman–Crippen LogP) is 1.52. The third-order valence-electron chi connectivity index (χ3n) is 4.50. The van der Waals surface area contributed by atoms with Crippen LogP contribution in [0.5, 0.6) is 0 Å². The zero-order valence-corrected chi connectivity index (χ0v) is 11.7. The zero-order chi connectivity index (χ0) is 12.8. The summed E-state index contributed by atoms with van der Waals surface area (Å²) in [5.41, 5.74) is 0.913. The summed E-state index contributed by atoms with van der Waals surface area (Å²) in [5, 5.41) is 4.63. The standard InChI is InChI=1S/C13H17N5S/c1-18(11-8-2-3-9(11)5-14-4-8)13-17-10-6-15-7-16-12(10)19-13/h6-9,11,14H,2-5H2,1H3. The molecule has 0 aromatic carbocycles. The lowest BCUT2D eigenvalue weighted by Crippen LogP contribution is -2.50. The Morgan fingerprint density at radius 3 is 2.84 bits per heavy atom. The van der Waals surface area contributed by atoms with Crippen molar-refractivity contribution in [3.05, 3.63) is 12.5 Å². The van der Waals surface area contributed by atoms with Gasteiger partial charge in [-0.1, -0.05) is 11.3 Å². The molecule has 0 radical (unpaired) electrons. The number of hydrogen-bond donors (Lipinski definition) is 1. The number of aromatic nitrogens is 3. The van der Waals surface area contributed by atoms with E-state index in [4.69, 9.17) is 0 Å². The second-order valence-electron chi connectivity index (χ2n) is 5.57. The molecule has 1 saturated heterocycles. The maximum absolute atomic E-state index is 4.68. The number of rotatable bonds is 2. The molecule has 2 atom stereocenters. The highest BCUT2D eigenvalue weighted by Crippen LogP contribution is 2.39. The molecule has 1 N–H and O–H groups in total. The van der Waals surface area contributed by atoms with E-state index in [1.807, 2.05) is 0 Å². The summed E-state index contributed by atoms with van der Waals surface area (Å²) in [6, 6.07) is 0.634. The summed E-state index contributed by atoms with van der Waals surface area (Å²) in [5.74, 6) is 1.53. The Bertz CT molecular complexity index is 548. The molecular weight excluding hydrogens is 258 g/mol. The minimum atomic E-state index is 0.634. The Kier molecular flexibility index (Phi) is 2.66. The molecular formula is C13H17N5S. The van der Waals surface area contributed by atoms with Crippen molar-refractivity contribution in [2.45, 2.75) is 18.9 Å². The number of piperidine rings is 1. The number of fused-ring (bicyclic) bond motifs is 3. The van der Waals surface area contributed by atoms with E-state index in [9.17, 15) is 0 Å². The summed E-state index contributed by atoms with van der Waals surface area (Å²) >= 11 is 1.67. The van der Waals surface area contributed by atoms with Gasteiger partial charge in [0.1, 0.15) is 16.7 Å². The van der Waals surface area contributed by atoms with E-state index in [1.54, 1.807) is 23.9 Å². The summed E-state index contributed by atoms with van der Waals surface area (Å²) < 4.78 is 0. The van der Waals surface area contributed by atoms with Crippen molar-refractivity contribution in [3.63, 3.8) is 0 Å². The fraction of sp³-hybridized carbons (Fsp3) is 0.615. The van der Waals surface area contributed by atoms with Crippen LogP contribution in [0, 0.1) is 11.8 Å². The van der Waals surface area contributed by atoms with E-state index < -0.39 is 0 Å². The van der Waals surface area contributed by atoms with E-state index in [0.29, 0.717) is 6.04 Å². The lowest BCUT2D eigenvalue weighted by atomic mass is 9.93. The lowest BCUT2D eigenvalue weighted by Gasteiger charge is -2.37. The number of hydrogen-bond acceptors (Lipinski definition) is 6. The van der Waals surface area contributed by atoms with Crippen LogP contribution in [0.3, 0.4) is 0 Å². The van der Waals surface area contributed by atoms with E-state index in [-0.39, 0.29) is 0 Å². The number of nitrogens with zero attached hydrogens (tertiary/aromatic N) is 4. The van der Waals surface area contributed by atoms with Crippen LogP contribution in [0.15, 0.2) is 12.5 Å². The van der Waals surface area contributed by atoms with E-state index in [0.717, 1.165) is 40.4 Å². The largest absolute Gasteiger partial charge is 0.347 e. The van der Waals surface area contributed by atoms with Crippen LogP contribution in [-0.4, -0.2) is 41.1 Å². The van der Waals surface area contributed by atoms with Crippen molar-refractivity contribution in [2.75, 3.05) is 25.0 Å². The van der Waals surface area contributed by atoms with Gasteiger partial charge in [0, 0.05) is 13.1 Å². The molecule has 6 heteroatoms. The predicted molar refractivity (Wildman–Crippen MR) is 76.5 cm³/mol. The first-order valence-electron chi connectivity index (χ1n) is 6.83. The molecule has 2 aromatic heterocycles. The summed E-state index contributed by atoms with van der Waals surface area (Å²) in [4.78, 5) is 16.4. The zero-order valence-electron chi connectivity index (χ0n) is 10.9. The van der Waals surface area contributed by atoms with Gasteiger partial charge in [-0.05, 0) is 37.8 Å². The summed E-state index contributed by atoms with van der Waals surface area (Å²) in [7, 11) is 2.19. The highest BCUT2D eigenvalue weighted by atomic mass is 32.1. The lowest BCUT2D eigenvalue weighted by molar-refractivity contribution is 0.314. The van der Waals surface area contributed by atoms with Gasteiger partial charge in [-0.3, -0.25) is 0 Å². The third kappa shape index (κ3) is 1.81. The second-order valence-corrected chi connectivity index (χ2v) is 6.52. The van der Waals surface area contributed by atoms with Gasteiger partial charge in [0.15, 0.2) is 5.13 Å². The van der Waals surface area contributed by atoms with Crippen molar-refractivity contribution in [1.82, 2.24) is 20.3 Å². The van der Waals surface area contributed by atoms with Crippen LogP contribution in [0.25, 0.3) is 10.3 Å². The fourth-order valence-electron chi connectivity index (χ4n) is 3.64. The number of nitrogens with one attached hydrogen (secondary N) is 1. The molecule has 1 aliphatic heterocycles. The monoisotopic (exact) mass is 275 g/mol. The fourth-order valence-corrected chi connectivity index (χ4v) is 4.53. The van der Waals surface area contributed by atoms with Crippen molar-refractivity contribution >= 4 is 26.8 Å². The third-order valence-corrected chi connectivity index (χ3v) is 5.57. The van der Waals surface area contributed by atoms with Crippen LogP contribution in [0.4, 0.5) is 5.13 Å². The van der Waals surface area contributed by atoms with Crippen LogP contribution in [0.2, 0.25) is 0 Å². The first-order valence-corrected chi connectivity index (χ1v) is 7.64. The topological polar surface area (TPSA) is 53.9 Å². The van der Waals surface area contributed by atoms with Crippen molar-refractivity contribution < 1.29 is 0 Å². The quantitative estimate of drug-likeness (QED) is 0.900. The van der Waals surface area contributed by atoms with Crippen molar-refractivity contribution in [3.8, 4) is 0 Å². The van der Waals surface area contributed by atoms with Gasteiger partial charge in [-0.25, -0.2) is 15.0 Å². The van der Waals surface area contributed by atoms with Gasteiger partial charge >= 0.3 is 0 Å². The summed E-state index contributed by atoms with van der Waals surface area (Å²) in [6.45, 7) is 2.30.